The molecular formula is C16H12ClNO5S. The van der Waals surface area contributed by atoms with Crippen LogP contribution in [0.4, 0.5) is 0 Å². The van der Waals surface area contributed by atoms with E-state index in [2.05, 4.69) is 0 Å². The van der Waals surface area contributed by atoms with Gasteiger partial charge in [0.1, 0.15) is 4.90 Å². The second kappa shape index (κ2) is 6.18. The van der Waals surface area contributed by atoms with Gasteiger partial charge in [0.15, 0.2) is 6.10 Å². The Morgan fingerprint density at radius 2 is 1.67 bits per heavy atom. The van der Waals surface area contributed by atoms with Gasteiger partial charge in [-0.1, -0.05) is 48.0 Å². The number of halogens is 1. The molecule has 0 fully saturated rings. The molecule has 1 aliphatic rings. The van der Waals surface area contributed by atoms with Crippen molar-refractivity contribution in [3.8, 4) is 0 Å². The fraction of sp³-hybridized carbons (Fsp3) is 0.0625. The first-order valence-corrected chi connectivity index (χ1v) is 8.63. The van der Waals surface area contributed by atoms with Crippen molar-refractivity contribution in [1.29, 1.82) is 0 Å². The molecule has 8 heteroatoms. The summed E-state index contributed by atoms with van der Waals surface area (Å²) in [5.74, 6) is -1.66. The molecule has 0 spiro atoms. The van der Waals surface area contributed by atoms with Crippen molar-refractivity contribution in [2.75, 3.05) is 0 Å². The van der Waals surface area contributed by atoms with E-state index in [1.54, 1.807) is 30.3 Å². The van der Waals surface area contributed by atoms with Gasteiger partial charge in [-0.25, -0.2) is 0 Å². The van der Waals surface area contributed by atoms with Gasteiger partial charge in [0.25, 0.3) is 0 Å². The van der Waals surface area contributed by atoms with Gasteiger partial charge in [0.2, 0.25) is 17.4 Å². The first-order chi connectivity index (χ1) is 11.4. The SMILES string of the molecule is NC1=C(OS(=O)(=O)c2ccccc2)C(=O)C(c2ccccc2Cl)O1. The van der Waals surface area contributed by atoms with Crippen LogP contribution in [0, 0.1) is 0 Å². The Balaban J connectivity index is 1.89. The summed E-state index contributed by atoms with van der Waals surface area (Å²) >= 11 is 6.04. The number of hydrogen-bond acceptors (Lipinski definition) is 6. The lowest BCUT2D eigenvalue weighted by Crippen LogP contribution is -2.15. The zero-order valence-electron chi connectivity index (χ0n) is 12.2. The number of hydrogen-bond donors (Lipinski definition) is 1. The summed E-state index contributed by atoms with van der Waals surface area (Å²) in [5, 5.41) is 0.302. The third-order valence-electron chi connectivity index (χ3n) is 3.34. The minimum absolute atomic E-state index is 0.0979. The highest BCUT2D eigenvalue weighted by Gasteiger charge is 2.40. The third-order valence-corrected chi connectivity index (χ3v) is 4.92. The van der Waals surface area contributed by atoms with E-state index in [9.17, 15) is 13.2 Å². The maximum absolute atomic E-state index is 12.5. The molecule has 1 aliphatic heterocycles. The van der Waals surface area contributed by atoms with E-state index in [-0.39, 0.29) is 4.90 Å². The van der Waals surface area contributed by atoms with Crippen LogP contribution in [0.25, 0.3) is 0 Å². The Morgan fingerprint density at radius 1 is 1.04 bits per heavy atom. The van der Waals surface area contributed by atoms with Crippen LogP contribution in [0.2, 0.25) is 5.02 Å². The number of carbonyl (C=O) groups is 1. The van der Waals surface area contributed by atoms with Crippen LogP contribution in [0.15, 0.2) is 71.1 Å². The molecule has 0 radical (unpaired) electrons. The Morgan fingerprint density at radius 3 is 2.33 bits per heavy atom. The van der Waals surface area contributed by atoms with Crippen molar-refractivity contribution < 1.29 is 22.1 Å². The summed E-state index contributed by atoms with van der Waals surface area (Å²) < 4.78 is 34.7. The molecule has 1 heterocycles. The molecule has 0 saturated carbocycles. The van der Waals surface area contributed by atoms with Crippen LogP contribution >= 0.6 is 11.6 Å². The largest absolute Gasteiger partial charge is 0.460 e. The van der Waals surface area contributed by atoms with Crippen LogP contribution in [-0.2, 0) is 23.8 Å². The van der Waals surface area contributed by atoms with Gasteiger partial charge in [-0.05, 0) is 18.2 Å². The molecule has 3 rings (SSSR count). The lowest BCUT2D eigenvalue weighted by molar-refractivity contribution is -0.123. The first-order valence-electron chi connectivity index (χ1n) is 6.85. The molecule has 124 valence electrons. The van der Waals surface area contributed by atoms with Crippen LogP contribution < -0.4 is 5.73 Å². The zero-order chi connectivity index (χ0) is 17.3. The number of carbonyl (C=O) groups excluding carboxylic acids is 1. The highest BCUT2D eigenvalue weighted by atomic mass is 35.5. The van der Waals surface area contributed by atoms with Gasteiger partial charge in [-0.15, -0.1) is 0 Å². The second-order valence-corrected chi connectivity index (χ2v) is 6.88. The maximum atomic E-state index is 12.5. The Kier molecular flexibility index (Phi) is 4.21. The van der Waals surface area contributed by atoms with E-state index in [1.807, 2.05) is 0 Å². The molecular weight excluding hydrogens is 354 g/mol. The maximum Gasteiger partial charge on any atom is 0.339 e. The molecule has 2 aromatic carbocycles. The Hall–Kier alpha value is -2.51. The lowest BCUT2D eigenvalue weighted by Gasteiger charge is -2.11. The summed E-state index contributed by atoms with van der Waals surface area (Å²) in [7, 11) is -4.20. The minimum atomic E-state index is -4.20. The quantitative estimate of drug-likeness (QED) is 0.836. The van der Waals surface area contributed by atoms with Gasteiger partial charge in [-0.3, -0.25) is 4.79 Å². The number of benzene rings is 2. The normalized spacial score (nSPS) is 17.7. The van der Waals surface area contributed by atoms with Gasteiger partial charge >= 0.3 is 10.1 Å². The second-order valence-electron chi connectivity index (χ2n) is 4.93. The van der Waals surface area contributed by atoms with Gasteiger partial charge in [-0.2, -0.15) is 8.42 Å². The molecule has 1 atom stereocenters. The van der Waals surface area contributed by atoms with E-state index in [1.165, 1.54) is 24.3 Å². The fourth-order valence-corrected chi connectivity index (χ4v) is 3.40. The van der Waals surface area contributed by atoms with E-state index in [0.29, 0.717) is 10.6 Å². The van der Waals surface area contributed by atoms with Crippen molar-refractivity contribution in [2.24, 2.45) is 5.73 Å². The molecule has 0 aromatic heterocycles. The highest BCUT2D eigenvalue weighted by Crippen LogP contribution is 2.36. The van der Waals surface area contributed by atoms with Crippen molar-refractivity contribution in [1.82, 2.24) is 0 Å². The van der Waals surface area contributed by atoms with Crippen LogP contribution in [0.3, 0.4) is 0 Å². The van der Waals surface area contributed by atoms with Crippen LogP contribution in [0.1, 0.15) is 11.7 Å². The van der Waals surface area contributed by atoms with Gasteiger partial charge in [0, 0.05) is 10.6 Å². The number of ketones is 1. The van der Waals surface area contributed by atoms with Gasteiger partial charge in [0.05, 0.1) is 0 Å². The first kappa shape index (κ1) is 16.4. The lowest BCUT2D eigenvalue weighted by atomic mass is 10.1. The highest BCUT2D eigenvalue weighted by molar-refractivity contribution is 7.86. The molecule has 0 amide bonds. The molecule has 0 bridgehead atoms. The van der Waals surface area contributed by atoms with Crippen LogP contribution in [-0.4, -0.2) is 14.2 Å². The van der Waals surface area contributed by atoms with Gasteiger partial charge < -0.3 is 14.7 Å². The predicted molar refractivity (Wildman–Crippen MR) is 86.2 cm³/mol. The summed E-state index contributed by atoms with van der Waals surface area (Å²) in [6, 6.07) is 14.0. The smallest absolute Gasteiger partial charge is 0.339 e. The molecule has 2 aromatic rings. The van der Waals surface area contributed by atoms with Crippen molar-refractivity contribution in [3.63, 3.8) is 0 Å². The summed E-state index contributed by atoms with van der Waals surface area (Å²) in [5.41, 5.74) is 6.01. The number of rotatable bonds is 4. The molecule has 6 nitrogen and oxygen atoms in total. The van der Waals surface area contributed by atoms with Crippen molar-refractivity contribution in [3.05, 3.63) is 76.8 Å². The predicted octanol–water partition coefficient (Wildman–Crippen LogP) is 2.51. The van der Waals surface area contributed by atoms with Crippen LogP contribution in [0.5, 0.6) is 0 Å². The Labute approximate surface area is 143 Å². The average molecular weight is 366 g/mol. The van der Waals surface area contributed by atoms with Crippen molar-refractivity contribution >= 4 is 27.5 Å². The summed E-state index contributed by atoms with van der Waals surface area (Å²) in [6.07, 6.45) is -1.14. The molecule has 2 N–H and O–H groups in total. The number of Topliss-reactive ketones (excluding diaryl/α,β-unsaturated/α-hetero) is 1. The van der Waals surface area contributed by atoms with E-state index in [0.717, 1.165) is 0 Å². The van der Waals surface area contributed by atoms with E-state index in [4.69, 9.17) is 26.3 Å². The molecule has 24 heavy (non-hydrogen) atoms. The number of ether oxygens (including phenoxy) is 1. The molecule has 0 saturated heterocycles. The average Bonchev–Trinajstić information content (AvgIpc) is 2.84. The standard InChI is InChI=1S/C16H12ClNO5S/c17-12-9-5-4-8-11(12)14-13(19)15(16(18)22-14)23-24(20,21)10-6-2-1-3-7-10/h1-9,14H,18H2. The molecule has 0 aliphatic carbocycles. The van der Waals surface area contributed by atoms with E-state index >= 15 is 0 Å². The zero-order valence-corrected chi connectivity index (χ0v) is 13.8. The Bertz CT molecular complexity index is 924. The van der Waals surface area contributed by atoms with E-state index < -0.39 is 33.6 Å². The third kappa shape index (κ3) is 2.95. The topological polar surface area (TPSA) is 95.7 Å². The summed E-state index contributed by atoms with van der Waals surface area (Å²) in [4.78, 5) is 12.4. The number of nitrogens with two attached hydrogens (primary N) is 1. The molecule has 1 unspecified atom stereocenters. The monoisotopic (exact) mass is 365 g/mol. The summed E-state index contributed by atoms with van der Waals surface area (Å²) in [6.45, 7) is 0. The minimum Gasteiger partial charge on any atom is -0.460 e. The fourth-order valence-electron chi connectivity index (χ4n) is 2.19. The van der Waals surface area contributed by atoms with Crippen molar-refractivity contribution in [2.45, 2.75) is 11.0 Å².